The molecule has 1 atom stereocenters. The summed E-state index contributed by atoms with van der Waals surface area (Å²) in [5.41, 5.74) is 1.40. The standard InChI is InChI=1S/C14H26/c1-5-8-9-10-11-12-13(4)14(6-2)7-3/h6-7,13H,2,5,8-12H2,1,3-4H3. The van der Waals surface area contributed by atoms with E-state index in [1.807, 2.05) is 6.08 Å². The first-order valence-corrected chi connectivity index (χ1v) is 6.04. The molecule has 0 bridgehead atoms. The van der Waals surface area contributed by atoms with E-state index in [1.54, 1.807) is 0 Å². The van der Waals surface area contributed by atoms with Gasteiger partial charge in [0.2, 0.25) is 0 Å². The fourth-order valence-corrected chi connectivity index (χ4v) is 1.82. The molecule has 0 aliphatic carbocycles. The lowest BCUT2D eigenvalue weighted by atomic mass is 9.94. The van der Waals surface area contributed by atoms with Gasteiger partial charge >= 0.3 is 0 Å². The smallest absolute Gasteiger partial charge is 0.0194 e. The van der Waals surface area contributed by atoms with Crippen molar-refractivity contribution in [1.82, 2.24) is 0 Å². The Bertz CT molecular complexity index is 165. The predicted molar refractivity (Wildman–Crippen MR) is 66.5 cm³/mol. The minimum absolute atomic E-state index is 0.694. The summed E-state index contributed by atoms with van der Waals surface area (Å²) in [6, 6.07) is 0. The van der Waals surface area contributed by atoms with Crippen LogP contribution in [0, 0.1) is 5.92 Å². The Labute approximate surface area is 90.1 Å². The van der Waals surface area contributed by atoms with Crippen LogP contribution < -0.4 is 0 Å². The predicted octanol–water partition coefficient (Wildman–Crippen LogP) is 5.12. The summed E-state index contributed by atoms with van der Waals surface area (Å²) in [5.74, 6) is 0.694. The lowest BCUT2D eigenvalue weighted by molar-refractivity contribution is 0.540. The molecule has 1 unspecified atom stereocenters. The van der Waals surface area contributed by atoms with Crippen LogP contribution in [0.3, 0.4) is 0 Å². The Kier molecular flexibility index (Phi) is 8.72. The molecule has 0 spiro atoms. The van der Waals surface area contributed by atoms with Gasteiger partial charge in [-0.3, -0.25) is 0 Å². The molecule has 0 saturated heterocycles. The highest BCUT2D eigenvalue weighted by atomic mass is 14.1. The van der Waals surface area contributed by atoms with Crippen molar-refractivity contribution in [3.63, 3.8) is 0 Å². The van der Waals surface area contributed by atoms with Crippen molar-refractivity contribution in [2.24, 2.45) is 5.92 Å². The van der Waals surface area contributed by atoms with Gasteiger partial charge in [-0.05, 0) is 19.3 Å². The molecule has 0 saturated carbocycles. The molecule has 0 aromatic heterocycles. The van der Waals surface area contributed by atoms with E-state index >= 15 is 0 Å². The van der Waals surface area contributed by atoms with Crippen molar-refractivity contribution in [3.8, 4) is 0 Å². The molecule has 0 heterocycles. The average molecular weight is 194 g/mol. The van der Waals surface area contributed by atoms with Crippen LogP contribution in [0.25, 0.3) is 0 Å². The van der Waals surface area contributed by atoms with Gasteiger partial charge in [-0.25, -0.2) is 0 Å². The maximum Gasteiger partial charge on any atom is -0.0194 e. The van der Waals surface area contributed by atoms with E-state index in [-0.39, 0.29) is 0 Å². The van der Waals surface area contributed by atoms with Gasteiger partial charge in [0.05, 0.1) is 0 Å². The molecule has 0 fully saturated rings. The molecular weight excluding hydrogens is 168 g/mol. The van der Waals surface area contributed by atoms with Gasteiger partial charge in [0.1, 0.15) is 0 Å². The molecule has 0 rings (SSSR count). The third-order valence-corrected chi connectivity index (χ3v) is 2.88. The number of hydrogen-bond donors (Lipinski definition) is 0. The van der Waals surface area contributed by atoms with E-state index in [4.69, 9.17) is 0 Å². The van der Waals surface area contributed by atoms with Crippen LogP contribution in [0.15, 0.2) is 24.3 Å². The maximum absolute atomic E-state index is 3.84. The fraction of sp³-hybridized carbons (Fsp3) is 0.714. The van der Waals surface area contributed by atoms with Gasteiger partial charge in [0.15, 0.2) is 0 Å². The molecule has 0 aliphatic heterocycles. The lowest BCUT2D eigenvalue weighted by Crippen LogP contribution is -1.96. The second kappa shape index (κ2) is 9.05. The molecule has 0 heteroatoms. The number of hydrogen-bond acceptors (Lipinski definition) is 0. The van der Waals surface area contributed by atoms with Crippen LogP contribution in [-0.4, -0.2) is 0 Å². The first-order valence-electron chi connectivity index (χ1n) is 6.04. The van der Waals surface area contributed by atoms with Crippen LogP contribution in [-0.2, 0) is 0 Å². The Morgan fingerprint density at radius 1 is 1.21 bits per heavy atom. The summed E-state index contributed by atoms with van der Waals surface area (Å²) in [6.45, 7) is 10.5. The van der Waals surface area contributed by atoms with E-state index in [0.717, 1.165) is 0 Å². The zero-order valence-corrected chi connectivity index (χ0v) is 10.2. The molecule has 0 nitrogen and oxygen atoms in total. The van der Waals surface area contributed by atoms with Crippen molar-refractivity contribution < 1.29 is 0 Å². The van der Waals surface area contributed by atoms with Crippen LogP contribution in [0.2, 0.25) is 0 Å². The summed E-state index contributed by atoms with van der Waals surface area (Å²) in [4.78, 5) is 0. The summed E-state index contributed by atoms with van der Waals surface area (Å²) in [5, 5.41) is 0. The van der Waals surface area contributed by atoms with E-state index < -0.39 is 0 Å². The minimum atomic E-state index is 0.694. The van der Waals surface area contributed by atoms with Crippen molar-refractivity contribution >= 4 is 0 Å². The van der Waals surface area contributed by atoms with Crippen molar-refractivity contribution in [2.75, 3.05) is 0 Å². The van der Waals surface area contributed by atoms with Crippen LogP contribution in [0.4, 0.5) is 0 Å². The van der Waals surface area contributed by atoms with E-state index in [0.29, 0.717) is 5.92 Å². The van der Waals surface area contributed by atoms with E-state index in [2.05, 4.69) is 33.4 Å². The van der Waals surface area contributed by atoms with Crippen molar-refractivity contribution in [1.29, 1.82) is 0 Å². The highest BCUT2D eigenvalue weighted by molar-refractivity contribution is 5.17. The third-order valence-electron chi connectivity index (χ3n) is 2.88. The number of rotatable bonds is 8. The quantitative estimate of drug-likeness (QED) is 0.372. The zero-order chi connectivity index (χ0) is 10.8. The largest absolute Gasteiger partial charge is 0.0988 e. The van der Waals surface area contributed by atoms with Crippen molar-refractivity contribution in [2.45, 2.75) is 59.3 Å². The van der Waals surface area contributed by atoms with Gasteiger partial charge in [0, 0.05) is 0 Å². The zero-order valence-electron chi connectivity index (χ0n) is 10.2. The van der Waals surface area contributed by atoms with Gasteiger partial charge in [-0.1, -0.05) is 70.3 Å². The summed E-state index contributed by atoms with van der Waals surface area (Å²) in [7, 11) is 0. The van der Waals surface area contributed by atoms with Crippen LogP contribution in [0.5, 0.6) is 0 Å². The molecule has 0 aromatic carbocycles. The highest BCUT2D eigenvalue weighted by Crippen LogP contribution is 2.19. The number of allylic oxidation sites excluding steroid dienone is 3. The molecule has 0 aromatic rings. The molecule has 0 N–H and O–H groups in total. The van der Waals surface area contributed by atoms with E-state index in [9.17, 15) is 0 Å². The van der Waals surface area contributed by atoms with Gasteiger partial charge in [0.25, 0.3) is 0 Å². The minimum Gasteiger partial charge on any atom is -0.0988 e. The second-order valence-electron chi connectivity index (χ2n) is 4.10. The molecule has 14 heavy (non-hydrogen) atoms. The van der Waals surface area contributed by atoms with Crippen LogP contribution >= 0.6 is 0 Å². The topological polar surface area (TPSA) is 0 Å². The lowest BCUT2D eigenvalue weighted by Gasteiger charge is -2.11. The molecule has 0 amide bonds. The fourth-order valence-electron chi connectivity index (χ4n) is 1.82. The molecular formula is C14H26. The summed E-state index contributed by atoms with van der Waals surface area (Å²) in [6.07, 6.45) is 12.4. The molecule has 0 radical (unpaired) electrons. The van der Waals surface area contributed by atoms with E-state index in [1.165, 1.54) is 44.1 Å². The SMILES string of the molecule is C=CC(=CC)C(C)CCCCCCC. The summed E-state index contributed by atoms with van der Waals surface area (Å²) >= 11 is 0. The Morgan fingerprint density at radius 2 is 1.86 bits per heavy atom. The van der Waals surface area contributed by atoms with Crippen LogP contribution in [0.1, 0.15) is 59.3 Å². The summed E-state index contributed by atoms with van der Waals surface area (Å²) < 4.78 is 0. The third kappa shape index (κ3) is 6.01. The Balaban J connectivity index is 3.53. The van der Waals surface area contributed by atoms with Gasteiger partial charge in [-0.2, -0.15) is 0 Å². The maximum atomic E-state index is 3.84. The molecule has 82 valence electrons. The molecule has 0 aliphatic rings. The average Bonchev–Trinajstić information content (AvgIpc) is 2.19. The highest BCUT2D eigenvalue weighted by Gasteiger charge is 2.03. The first kappa shape index (κ1) is 13.5. The number of unbranched alkanes of at least 4 members (excludes halogenated alkanes) is 4. The van der Waals surface area contributed by atoms with Gasteiger partial charge < -0.3 is 0 Å². The Hall–Kier alpha value is -0.520. The second-order valence-corrected chi connectivity index (χ2v) is 4.10. The van der Waals surface area contributed by atoms with Crippen molar-refractivity contribution in [3.05, 3.63) is 24.3 Å². The Morgan fingerprint density at radius 3 is 2.36 bits per heavy atom. The van der Waals surface area contributed by atoms with Gasteiger partial charge in [-0.15, -0.1) is 0 Å². The monoisotopic (exact) mass is 194 g/mol. The first-order chi connectivity index (χ1) is 6.76. The normalized spacial score (nSPS) is 14.1.